The summed E-state index contributed by atoms with van der Waals surface area (Å²) in [4.78, 5) is 27.1. The van der Waals surface area contributed by atoms with Gasteiger partial charge in [0.2, 0.25) is 11.8 Å². The van der Waals surface area contributed by atoms with Crippen LogP contribution in [0.15, 0.2) is 0 Å². The van der Waals surface area contributed by atoms with E-state index < -0.39 is 0 Å². The van der Waals surface area contributed by atoms with Crippen LogP contribution in [0.1, 0.15) is 33.6 Å². The maximum absolute atomic E-state index is 12.0. The molecule has 1 heterocycles. The molecule has 0 saturated carbocycles. The second-order valence-corrected chi connectivity index (χ2v) is 4.73. The molecule has 2 amide bonds. The molecule has 5 heteroatoms. The van der Waals surface area contributed by atoms with Crippen molar-refractivity contribution < 1.29 is 9.59 Å². The Morgan fingerprint density at radius 1 is 1.11 bits per heavy atom. The highest BCUT2D eigenvalue weighted by atomic mass is 16.2. The molecule has 0 bridgehead atoms. The number of hydrogen-bond donors (Lipinski definition) is 1. The topological polar surface area (TPSA) is 52.7 Å². The van der Waals surface area contributed by atoms with Gasteiger partial charge in [-0.3, -0.25) is 9.59 Å². The third-order valence-corrected chi connectivity index (χ3v) is 3.31. The summed E-state index contributed by atoms with van der Waals surface area (Å²) < 4.78 is 0. The number of amides is 2. The number of nitrogens with zero attached hydrogens (tertiary/aromatic N) is 2. The highest BCUT2D eigenvalue weighted by Crippen LogP contribution is 2.07. The van der Waals surface area contributed by atoms with Gasteiger partial charge in [0.05, 0.1) is 13.1 Å². The lowest BCUT2D eigenvalue weighted by Crippen LogP contribution is -2.56. The number of hydrogen-bond acceptors (Lipinski definition) is 3. The van der Waals surface area contributed by atoms with Crippen LogP contribution in [-0.4, -0.2) is 60.4 Å². The van der Waals surface area contributed by atoms with E-state index in [0.717, 1.165) is 19.4 Å². The number of piperazine rings is 1. The molecule has 0 aliphatic carbocycles. The zero-order chi connectivity index (χ0) is 13.5. The smallest absolute Gasteiger partial charge is 0.242 e. The normalized spacial score (nSPS) is 18.4. The Balaban J connectivity index is 2.55. The first-order valence-corrected chi connectivity index (χ1v) is 6.91. The van der Waals surface area contributed by atoms with Gasteiger partial charge in [-0.1, -0.05) is 20.3 Å². The van der Waals surface area contributed by atoms with Crippen LogP contribution < -0.4 is 5.32 Å². The Hall–Kier alpha value is -1.10. The van der Waals surface area contributed by atoms with Crippen molar-refractivity contribution in [3.8, 4) is 0 Å². The van der Waals surface area contributed by atoms with Gasteiger partial charge in [-0.25, -0.2) is 0 Å². The molecule has 1 fully saturated rings. The van der Waals surface area contributed by atoms with Gasteiger partial charge in [0.25, 0.3) is 0 Å². The quantitative estimate of drug-likeness (QED) is 0.719. The van der Waals surface area contributed by atoms with Gasteiger partial charge in [-0.05, 0) is 19.9 Å². The summed E-state index contributed by atoms with van der Waals surface area (Å²) in [5.74, 6) is 0.124. The first kappa shape index (κ1) is 15.0. The third kappa shape index (κ3) is 3.98. The van der Waals surface area contributed by atoms with E-state index in [9.17, 15) is 9.59 Å². The van der Waals surface area contributed by atoms with E-state index in [2.05, 4.69) is 19.2 Å². The molecule has 0 spiro atoms. The minimum atomic E-state index is 0.0591. The summed E-state index contributed by atoms with van der Waals surface area (Å²) in [6.07, 6.45) is 2.11. The standard InChI is InChI=1S/C13H25N3O2/c1-4-7-11(14-5-2)8-16-10-12(17)15(6-3)9-13(16)18/h11,14H,4-10H2,1-3H3. The Labute approximate surface area is 110 Å². The summed E-state index contributed by atoms with van der Waals surface area (Å²) in [6, 6.07) is 0.296. The molecule has 1 saturated heterocycles. The molecular formula is C13H25N3O2. The summed E-state index contributed by atoms with van der Waals surface area (Å²) in [5, 5.41) is 3.37. The van der Waals surface area contributed by atoms with Crippen molar-refractivity contribution in [1.82, 2.24) is 15.1 Å². The van der Waals surface area contributed by atoms with E-state index >= 15 is 0 Å². The molecule has 0 aromatic carbocycles. The fourth-order valence-electron chi connectivity index (χ4n) is 2.32. The molecule has 5 nitrogen and oxygen atoms in total. The van der Waals surface area contributed by atoms with Gasteiger partial charge in [-0.2, -0.15) is 0 Å². The molecule has 0 radical (unpaired) electrons. The number of carbonyl (C=O) groups excluding carboxylic acids is 2. The van der Waals surface area contributed by atoms with Crippen LogP contribution >= 0.6 is 0 Å². The van der Waals surface area contributed by atoms with E-state index in [1.807, 2.05) is 6.92 Å². The Kier molecular flexibility index (Phi) is 6.12. The van der Waals surface area contributed by atoms with Crippen molar-refractivity contribution in [1.29, 1.82) is 0 Å². The Morgan fingerprint density at radius 2 is 1.72 bits per heavy atom. The molecule has 1 unspecified atom stereocenters. The van der Waals surface area contributed by atoms with Crippen LogP contribution in [0, 0.1) is 0 Å². The highest BCUT2D eigenvalue weighted by Gasteiger charge is 2.29. The number of nitrogens with one attached hydrogen (secondary N) is 1. The largest absolute Gasteiger partial charge is 0.332 e. The number of rotatable bonds is 7. The molecule has 1 rings (SSSR count). The van der Waals surface area contributed by atoms with Crippen molar-refractivity contribution in [3.63, 3.8) is 0 Å². The van der Waals surface area contributed by atoms with Gasteiger partial charge in [0.15, 0.2) is 0 Å². The maximum atomic E-state index is 12.0. The number of carbonyl (C=O) groups is 2. The van der Waals surface area contributed by atoms with Crippen LogP contribution in [0.5, 0.6) is 0 Å². The van der Waals surface area contributed by atoms with E-state index in [4.69, 9.17) is 0 Å². The van der Waals surface area contributed by atoms with Crippen LogP contribution in [0.4, 0.5) is 0 Å². The monoisotopic (exact) mass is 255 g/mol. The SMILES string of the molecule is CCCC(CN1CC(=O)N(CC)CC1=O)NCC. The minimum absolute atomic E-state index is 0.0591. The lowest BCUT2D eigenvalue weighted by atomic mass is 10.1. The first-order chi connectivity index (χ1) is 8.62. The molecular weight excluding hydrogens is 230 g/mol. The zero-order valence-corrected chi connectivity index (χ0v) is 11.7. The maximum Gasteiger partial charge on any atom is 0.242 e. The summed E-state index contributed by atoms with van der Waals surface area (Å²) in [6.45, 7) is 8.71. The van der Waals surface area contributed by atoms with E-state index in [0.29, 0.717) is 19.1 Å². The Morgan fingerprint density at radius 3 is 2.28 bits per heavy atom. The van der Waals surface area contributed by atoms with E-state index in [1.54, 1.807) is 9.80 Å². The molecule has 18 heavy (non-hydrogen) atoms. The Bertz CT molecular complexity index is 288. The summed E-state index contributed by atoms with van der Waals surface area (Å²) >= 11 is 0. The average molecular weight is 255 g/mol. The first-order valence-electron chi connectivity index (χ1n) is 6.91. The minimum Gasteiger partial charge on any atom is -0.332 e. The third-order valence-electron chi connectivity index (χ3n) is 3.31. The van der Waals surface area contributed by atoms with Gasteiger partial charge in [0.1, 0.15) is 0 Å². The second-order valence-electron chi connectivity index (χ2n) is 4.73. The molecule has 1 N–H and O–H groups in total. The summed E-state index contributed by atoms with van der Waals surface area (Å²) in [5.41, 5.74) is 0. The van der Waals surface area contributed by atoms with E-state index in [-0.39, 0.29) is 24.9 Å². The predicted molar refractivity (Wildman–Crippen MR) is 71.2 cm³/mol. The van der Waals surface area contributed by atoms with E-state index in [1.165, 1.54) is 0 Å². The van der Waals surface area contributed by atoms with Crippen molar-refractivity contribution in [2.45, 2.75) is 39.7 Å². The molecule has 0 aromatic heterocycles. The lowest BCUT2D eigenvalue weighted by Gasteiger charge is -2.35. The van der Waals surface area contributed by atoms with Crippen LogP contribution in [-0.2, 0) is 9.59 Å². The van der Waals surface area contributed by atoms with Gasteiger partial charge >= 0.3 is 0 Å². The fourth-order valence-corrected chi connectivity index (χ4v) is 2.32. The second kappa shape index (κ2) is 7.36. The zero-order valence-electron chi connectivity index (χ0n) is 11.7. The van der Waals surface area contributed by atoms with Crippen molar-refractivity contribution in [3.05, 3.63) is 0 Å². The van der Waals surface area contributed by atoms with Crippen molar-refractivity contribution in [2.24, 2.45) is 0 Å². The predicted octanol–water partition coefficient (Wildman–Crippen LogP) is 0.455. The average Bonchev–Trinajstić information content (AvgIpc) is 2.34. The fraction of sp³-hybridized carbons (Fsp3) is 0.846. The van der Waals surface area contributed by atoms with Crippen LogP contribution in [0.3, 0.4) is 0 Å². The lowest BCUT2D eigenvalue weighted by molar-refractivity contribution is -0.150. The van der Waals surface area contributed by atoms with Crippen LogP contribution in [0.2, 0.25) is 0 Å². The highest BCUT2D eigenvalue weighted by molar-refractivity contribution is 5.92. The van der Waals surface area contributed by atoms with Crippen molar-refractivity contribution >= 4 is 11.8 Å². The number of likely N-dealkylation sites (N-methyl/N-ethyl adjacent to an activating group) is 2. The van der Waals surface area contributed by atoms with Gasteiger partial charge in [-0.15, -0.1) is 0 Å². The van der Waals surface area contributed by atoms with Crippen molar-refractivity contribution in [2.75, 3.05) is 32.7 Å². The molecule has 0 aromatic rings. The molecule has 104 valence electrons. The van der Waals surface area contributed by atoms with Gasteiger partial charge in [0, 0.05) is 19.1 Å². The summed E-state index contributed by atoms with van der Waals surface area (Å²) in [7, 11) is 0. The van der Waals surface area contributed by atoms with Gasteiger partial charge < -0.3 is 15.1 Å². The molecule has 1 aliphatic heterocycles. The molecule has 1 aliphatic rings. The molecule has 1 atom stereocenters. The van der Waals surface area contributed by atoms with Crippen LogP contribution in [0.25, 0.3) is 0 Å².